The maximum Gasteiger partial charge on any atom is 0.241 e. The number of amides is 1. The summed E-state index contributed by atoms with van der Waals surface area (Å²) in [6.07, 6.45) is 6.72. The molecule has 1 saturated heterocycles. The third kappa shape index (κ3) is 3.70. The Morgan fingerprint density at radius 2 is 2.21 bits per heavy atom. The van der Waals surface area contributed by atoms with E-state index in [1.807, 2.05) is 6.92 Å². The van der Waals surface area contributed by atoms with Crippen molar-refractivity contribution in [3.8, 4) is 5.88 Å². The van der Waals surface area contributed by atoms with Gasteiger partial charge in [-0.15, -0.1) is 0 Å². The first-order valence-corrected chi connectivity index (χ1v) is 7.38. The molecule has 1 aliphatic rings. The van der Waals surface area contributed by atoms with Gasteiger partial charge in [0.05, 0.1) is 11.5 Å². The van der Waals surface area contributed by atoms with E-state index in [2.05, 4.69) is 9.88 Å². The zero-order valence-corrected chi connectivity index (χ0v) is 11.9. The Labute approximate surface area is 117 Å². The predicted molar refractivity (Wildman–Crippen MR) is 77.6 cm³/mol. The highest BCUT2D eigenvalue weighted by Crippen LogP contribution is 2.33. The number of nitrogens with two attached hydrogens (primary N) is 1. The molecule has 0 unspecified atom stereocenters. The lowest BCUT2D eigenvalue weighted by Gasteiger charge is -2.25. The first-order valence-electron chi connectivity index (χ1n) is 6.56. The lowest BCUT2D eigenvalue weighted by Crippen LogP contribution is -2.29. The highest BCUT2D eigenvalue weighted by molar-refractivity contribution is 7.16. The van der Waals surface area contributed by atoms with Crippen molar-refractivity contribution < 1.29 is 9.53 Å². The highest BCUT2D eigenvalue weighted by atomic mass is 32.1. The molecule has 1 aliphatic heterocycles. The van der Waals surface area contributed by atoms with Crippen LogP contribution in [0.2, 0.25) is 0 Å². The van der Waals surface area contributed by atoms with Gasteiger partial charge in [0, 0.05) is 19.2 Å². The van der Waals surface area contributed by atoms with Crippen molar-refractivity contribution in [3.05, 3.63) is 11.0 Å². The van der Waals surface area contributed by atoms with E-state index in [0.717, 1.165) is 23.1 Å². The summed E-state index contributed by atoms with van der Waals surface area (Å²) in [6, 6.07) is 0. The van der Waals surface area contributed by atoms with Crippen LogP contribution in [-0.4, -0.2) is 30.6 Å². The van der Waals surface area contributed by atoms with Gasteiger partial charge < -0.3 is 15.4 Å². The molecule has 2 rings (SSSR count). The Kier molecular flexibility index (Phi) is 4.79. The molecule has 104 valence electrons. The molecule has 1 aromatic heterocycles. The molecule has 2 heterocycles. The smallest absolute Gasteiger partial charge is 0.241 e. The molecular weight excluding hydrogens is 262 g/mol. The van der Waals surface area contributed by atoms with Gasteiger partial charge in [-0.1, -0.05) is 11.3 Å². The molecule has 0 saturated carbocycles. The molecule has 0 aliphatic carbocycles. The van der Waals surface area contributed by atoms with Crippen LogP contribution in [0, 0.1) is 0 Å². The number of piperidine rings is 1. The summed E-state index contributed by atoms with van der Waals surface area (Å²) in [4.78, 5) is 18.5. The second kappa shape index (κ2) is 6.56. The quantitative estimate of drug-likeness (QED) is 0.838. The fourth-order valence-corrected chi connectivity index (χ4v) is 3.00. The fourth-order valence-electron chi connectivity index (χ4n) is 2.03. The molecule has 0 aromatic carbocycles. The van der Waals surface area contributed by atoms with Gasteiger partial charge >= 0.3 is 0 Å². The van der Waals surface area contributed by atoms with E-state index in [-0.39, 0.29) is 0 Å². The van der Waals surface area contributed by atoms with Crippen LogP contribution >= 0.6 is 11.3 Å². The Morgan fingerprint density at radius 3 is 2.84 bits per heavy atom. The zero-order valence-electron chi connectivity index (χ0n) is 11.1. The molecule has 0 radical (unpaired) electrons. The summed E-state index contributed by atoms with van der Waals surface area (Å²) >= 11 is 1.54. The Hall–Kier alpha value is -1.56. The minimum atomic E-state index is -0.463. The topological polar surface area (TPSA) is 68.4 Å². The first-order chi connectivity index (χ1) is 9.20. The molecule has 0 atom stereocenters. The Balaban J connectivity index is 2.20. The number of anilines is 1. The summed E-state index contributed by atoms with van der Waals surface area (Å²) in [5.41, 5.74) is 5.12. The van der Waals surface area contributed by atoms with Gasteiger partial charge in [0.15, 0.2) is 5.13 Å². The predicted octanol–water partition coefficient (Wildman–Crippen LogP) is 2.03. The van der Waals surface area contributed by atoms with Crippen molar-refractivity contribution in [2.24, 2.45) is 5.73 Å². The molecule has 6 heteroatoms. The first kappa shape index (κ1) is 13.9. The molecule has 19 heavy (non-hydrogen) atoms. The molecule has 1 fully saturated rings. The van der Waals surface area contributed by atoms with E-state index in [9.17, 15) is 4.79 Å². The van der Waals surface area contributed by atoms with E-state index in [1.165, 1.54) is 25.3 Å². The molecular formula is C13H19N3O2S. The summed E-state index contributed by atoms with van der Waals surface area (Å²) in [6.45, 7) is 4.55. The minimum Gasteiger partial charge on any atom is -0.477 e. The van der Waals surface area contributed by atoms with Gasteiger partial charge in [-0.05, 0) is 32.3 Å². The number of ether oxygens (including phenoxy) is 1. The summed E-state index contributed by atoms with van der Waals surface area (Å²) in [5.74, 6) is 0.126. The van der Waals surface area contributed by atoms with Crippen LogP contribution < -0.4 is 15.4 Å². The SMILES string of the molecule is CCOc1nc(N2CCCCC2)sc1/C=C/C(N)=O. The minimum absolute atomic E-state index is 0.463. The molecule has 1 amide bonds. The number of nitrogens with zero attached hydrogens (tertiary/aromatic N) is 2. The van der Waals surface area contributed by atoms with E-state index >= 15 is 0 Å². The van der Waals surface area contributed by atoms with Crippen LogP contribution in [0.1, 0.15) is 31.1 Å². The van der Waals surface area contributed by atoms with Crippen LogP contribution in [0.15, 0.2) is 6.08 Å². The van der Waals surface area contributed by atoms with E-state index in [4.69, 9.17) is 10.5 Å². The number of rotatable bonds is 5. The zero-order chi connectivity index (χ0) is 13.7. The van der Waals surface area contributed by atoms with Gasteiger partial charge in [-0.2, -0.15) is 4.98 Å². The maximum atomic E-state index is 10.8. The largest absolute Gasteiger partial charge is 0.477 e. The van der Waals surface area contributed by atoms with Gasteiger partial charge in [-0.3, -0.25) is 4.79 Å². The van der Waals surface area contributed by atoms with Crippen LogP contribution in [0.3, 0.4) is 0 Å². The monoisotopic (exact) mass is 281 g/mol. The molecule has 1 aromatic rings. The maximum absolute atomic E-state index is 10.8. The van der Waals surface area contributed by atoms with Crippen LogP contribution in [-0.2, 0) is 4.79 Å². The molecule has 0 spiro atoms. The Morgan fingerprint density at radius 1 is 1.47 bits per heavy atom. The number of primary amides is 1. The van der Waals surface area contributed by atoms with Gasteiger partial charge in [0.2, 0.25) is 11.8 Å². The normalized spacial score (nSPS) is 15.9. The standard InChI is InChI=1S/C13H19N3O2S/c1-2-18-12-10(6-7-11(14)17)19-13(15-12)16-8-4-3-5-9-16/h6-7H,2-5,8-9H2,1H3,(H2,14,17)/b7-6+. The third-order valence-corrected chi connectivity index (χ3v) is 3.98. The molecule has 0 bridgehead atoms. The summed E-state index contributed by atoms with van der Waals surface area (Å²) in [5, 5.41) is 0.965. The number of carbonyl (C=O) groups is 1. The average Bonchev–Trinajstić information content (AvgIpc) is 2.81. The number of thiazole rings is 1. The van der Waals surface area contributed by atoms with Gasteiger partial charge in [0.25, 0.3) is 0 Å². The van der Waals surface area contributed by atoms with Gasteiger partial charge in [-0.25, -0.2) is 0 Å². The number of hydrogen-bond acceptors (Lipinski definition) is 5. The number of carbonyl (C=O) groups excluding carboxylic acids is 1. The van der Waals surface area contributed by atoms with Crippen molar-refractivity contribution in [2.75, 3.05) is 24.6 Å². The average molecular weight is 281 g/mol. The molecule has 2 N–H and O–H groups in total. The lowest BCUT2D eigenvalue weighted by atomic mass is 10.1. The van der Waals surface area contributed by atoms with Crippen molar-refractivity contribution in [2.45, 2.75) is 26.2 Å². The van der Waals surface area contributed by atoms with Crippen LogP contribution in [0.5, 0.6) is 5.88 Å². The Bertz CT molecular complexity index is 464. The van der Waals surface area contributed by atoms with Gasteiger partial charge in [0.1, 0.15) is 0 Å². The number of hydrogen-bond donors (Lipinski definition) is 1. The summed E-state index contributed by atoms with van der Waals surface area (Å²) in [7, 11) is 0. The van der Waals surface area contributed by atoms with Crippen molar-refractivity contribution >= 4 is 28.5 Å². The van der Waals surface area contributed by atoms with Crippen LogP contribution in [0.4, 0.5) is 5.13 Å². The summed E-state index contributed by atoms with van der Waals surface area (Å²) < 4.78 is 5.51. The van der Waals surface area contributed by atoms with E-state index < -0.39 is 5.91 Å². The van der Waals surface area contributed by atoms with Crippen molar-refractivity contribution in [3.63, 3.8) is 0 Å². The number of aromatic nitrogens is 1. The third-order valence-electron chi connectivity index (χ3n) is 2.92. The fraction of sp³-hybridized carbons (Fsp3) is 0.538. The second-order valence-corrected chi connectivity index (χ2v) is 5.39. The van der Waals surface area contributed by atoms with Crippen molar-refractivity contribution in [1.29, 1.82) is 0 Å². The lowest BCUT2D eigenvalue weighted by molar-refractivity contribution is -0.113. The van der Waals surface area contributed by atoms with Crippen LogP contribution in [0.25, 0.3) is 6.08 Å². The highest BCUT2D eigenvalue weighted by Gasteiger charge is 2.17. The molecule has 5 nitrogen and oxygen atoms in total. The second-order valence-electron chi connectivity index (χ2n) is 4.38. The van der Waals surface area contributed by atoms with E-state index in [0.29, 0.717) is 12.5 Å². The van der Waals surface area contributed by atoms with Crippen molar-refractivity contribution in [1.82, 2.24) is 4.98 Å². The van der Waals surface area contributed by atoms with E-state index in [1.54, 1.807) is 17.4 Å².